The highest BCUT2D eigenvalue weighted by Gasteiger charge is 2.31. The van der Waals surface area contributed by atoms with Gasteiger partial charge in [-0.2, -0.15) is 5.10 Å². The van der Waals surface area contributed by atoms with Crippen LogP contribution in [0.1, 0.15) is 39.3 Å². The summed E-state index contributed by atoms with van der Waals surface area (Å²) in [5, 5.41) is 4.63. The number of fused-ring (bicyclic) bond motifs is 1. The average Bonchev–Trinajstić information content (AvgIpc) is 2.93. The van der Waals surface area contributed by atoms with Crippen LogP contribution in [0.15, 0.2) is 42.7 Å². The number of rotatable bonds is 4. The van der Waals surface area contributed by atoms with E-state index in [1.807, 2.05) is 30.3 Å². The normalized spacial score (nSPS) is 13.9. The molecule has 1 atom stereocenters. The van der Waals surface area contributed by atoms with Crippen LogP contribution in [0.5, 0.6) is 0 Å². The molecule has 138 valence electrons. The molecule has 0 unspecified atom stereocenters. The Kier molecular flexibility index (Phi) is 4.81. The maximum Gasteiger partial charge on any atom is 0.217 e. The molecule has 0 amide bonds. The molecule has 3 aromatic rings. The Morgan fingerprint density at radius 1 is 1.19 bits per heavy atom. The zero-order valence-corrected chi connectivity index (χ0v) is 16.6. The molecule has 6 nitrogen and oxygen atoms in total. The fourth-order valence-corrected chi connectivity index (χ4v) is 3.63. The van der Waals surface area contributed by atoms with E-state index in [1.54, 1.807) is 38.4 Å². The lowest BCUT2D eigenvalue weighted by atomic mass is 10.0. The quantitative estimate of drug-likeness (QED) is 0.732. The monoisotopic (exact) mass is 392 g/mol. The number of sulfonamides is 1. The highest BCUT2D eigenvalue weighted by Crippen LogP contribution is 2.30. The molecule has 0 spiro atoms. The summed E-state index contributed by atoms with van der Waals surface area (Å²) >= 11 is 6.17. The Balaban J connectivity index is 2.15. The third-order valence-electron chi connectivity index (χ3n) is 4.13. The summed E-state index contributed by atoms with van der Waals surface area (Å²) < 4.78 is 28.6. The number of nitrogens with one attached hydrogen (secondary N) is 1. The molecule has 0 saturated carbocycles. The zero-order valence-electron chi connectivity index (χ0n) is 15.1. The van der Waals surface area contributed by atoms with E-state index in [-0.39, 0.29) is 0 Å². The summed E-state index contributed by atoms with van der Waals surface area (Å²) in [7, 11) is -3.53. The van der Waals surface area contributed by atoms with Crippen LogP contribution in [0.25, 0.3) is 16.9 Å². The van der Waals surface area contributed by atoms with Gasteiger partial charge in [-0.25, -0.2) is 22.6 Å². The van der Waals surface area contributed by atoms with Gasteiger partial charge in [0.05, 0.1) is 16.6 Å². The van der Waals surface area contributed by atoms with Crippen molar-refractivity contribution in [2.75, 3.05) is 0 Å². The van der Waals surface area contributed by atoms with Gasteiger partial charge in [-0.3, -0.25) is 0 Å². The molecule has 1 aromatic carbocycles. The SMILES string of the molecule is C[C@H](NS(=O)(=O)C(C)(C)C)c1cn2ncc(Cl)c2nc1-c1ccccc1. The second kappa shape index (κ2) is 6.64. The van der Waals surface area contributed by atoms with Gasteiger partial charge in [0.15, 0.2) is 5.65 Å². The lowest BCUT2D eigenvalue weighted by molar-refractivity contribution is 0.531. The van der Waals surface area contributed by atoms with Crippen molar-refractivity contribution in [3.63, 3.8) is 0 Å². The largest absolute Gasteiger partial charge is 0.227 e. The lowest BCUT2D eigenvalue weighted by Gasteiger charge is -2.24. The van der Waals surface area contributed by atoms with Crippen LogP contribution in [0.3, 0.4) is 0 Å². The van der Waals surface area contributed by atoms with E-state index in [2.05, 4.69) is 14.8 Å². The topological polar surface area (TPSA) is 76.4 Å². The first kappa shape index (κ1) is 18.8. The summed E-state index contributed by atoms with van der Waals surface area (Å²) in [5.74, 6) is 0. The smallest absolute Gasteiger partial charge is 0.217 e. The average molecular weight is 393 g/mol. The Morgan fingerprint density at radius 3 is 2.46 bits per heavy atom. The van der Waals surface area contributed by atoms with Crippen LogP contribution in [0.2, 0.25) is 5.02 Å². The number of hydrogen-bond donors (Lipinski definition) is 1. The molecule has 0 fully saturated rings. The minimum atomic E-state index is -3.53. The Hall–Kier alpha value is -1.96. The predicted molar refractivity (Wildman–Crippen MR) is 104 cm³/mol. The van der Waals surface area contributed by atoms with E-state index in [4.69, 9.17) is 11.6 Å². The van der Waals surface area contributed by atoms with Crippen molar-refractivity contribution in [1.29, 1.82) is 0 Å². The third-order valence-corrected chi connectivity index (χ3v) is 6.67. The lowest BCUT2D eigenvalue weighted by Crippen LogP contribution is -2.40. The van der Waals surface area contributed by atoms with Gasteiger partial charge in [-0.15, -0.1) is 0 Å². The van der Waals surface area contributed by atoms with Crippen LogP contribution in [-0.2, 0) is 10.0 Å². The number of hydrogen-bond acceptors (Lipinski definition) is 4. The summed E-state index contributed by atoms with van der Waals surface area (Å²) in [6.45, 7) is 6.78. The Bertz CT molecular complexity index is 1040. The van der Waals surface area contributed by atoms with Crippen LogP contribution < -0.4 is 4.72 Å². The minimum absolute atomic E-state index is 0.441. The molecule has 0 saturated heterocycles. The first-order valence-electron chi connectivity index (χ1n) is 8.21. The van der Waals surface area contributed by atoms with Crippen molar-refractivity contribution < 1.29 is 8.42 Å². The Morgan fingerprint density at radius 2 is 1.85 bits per heavy atom. The molecule has 26 heavy (non-hydrogen) atoms. The van der Waals surface area contributed by atoms with E-state index < -0.39 is 20.8 Å². The van der Waals surface area contributed by atoms with Gasteiger partial charge in [0.25, 0.3) is 0 Å². The number of nitrogens with zero attached hydrogens (tertiary/aromatic N) is 3. The second-order valence-electron chi connectivity index (χ2n) is 7.13. The van der Waals surface area contributed by atoms with Crippen LogP contribution >= 0.6 is 11.6 Å². The van der Waals surface area contributed by atoms with E-state index in [0.717, 1.165) is 11.1 Å². The fourth-order valence-electron chi connectivity index (χ4n) is 2.51. The molecule has 0 aliphatic carbocycles. The molecule has 2 heterocycles. The molecule has 0 radical (unpaired) electrons. The van der Waals surface area contributed by atoms with Gasteiger partial charge in [0.2, 0.25) is 10.0 Å². The van der Waals surface area contributed by atoms with Gasteiger partial charge in [-0.1, -0.05) is 41.9 Å². The molecule has 0 aliphatic rings. The fraction of sp³-hybridized carbons (Fsp3) is 0.333. The summed E-state index contributed by atoms with van der Waals surface area (Å²) in [4.78, 5) is 4.65. The maximum absolute atomic E-state index is 12.6. The highest BCUT2D eigenvalue weighted by atomic mass is 35.5. The van der Waals surface area contributed by atoms with Crippen LogP contribution in [0.4, 0.5) is 0 Å². The number of halogens is 1. The third kappa shape index (κ3) is 3.47. The van der Waals surface area contributed by atoms with Crippen LogP contribution in [-0.4, -0.2) is 27.8 Å². The number of benzene rings is 1. The van der Waals surface area contributed by atoms with Gasteiger partial charge in [0.1, 0.15) is 5.02 Å². The van der Waals surface area contributed by atoms with E-state index >= 15 is 0 Å². The highest BCUT2D eigenvalue weighted by molar-refractivity contribution is 7.90. The first-order valence-corrected chi connectivity index (χ1v) is 10.1. The van der Waals surface area contributed by atoms with Gasteiger partial charge in [-0.05, 0) is 27.7 Å². The van der Waals surface area contributed by atoms with Crippen molar-refractivity contribution >= 4 is 27.3 Å². The van der Waals surface area contributed by atoms with E-state index in [9.17, 15) is 8.42 Å². The predicted octanol–water partition coefficient (Wildman–Crippen LogP) is 3.83. The second-order valence-corrected chi connectivity index (χ2v) is 10.0. The van der Waals surface area contributed by atoms with E-state index in [1.165, 1.54) is 6.20 Å². The molecule has 2 aromatic heterocycles. The van der Waals surface area contributed by atoms with Crippen molar-refractivity contribution in [2.24, 2.45) is 0 Å². The first-order chi connectivity index (χ1) is 12.1. The molecule has 1 N–H and O–H groups in total. The van der Waals surface area contributed by atoms with Crippen molar-refractivity contribution in [3.8, 4) is 11.3 Å². The van der Waals surface area contributed by atoms with Crippen molar-refractivity contribution in [2.45, 2.75) is 38.5 Å². The molecular weight excluding hydrogens is 372 g/mol. The Labute approximate surface area is 158 Å². The summed E-state index contributed by atoms with van der Waals surface area (Å²) in [5.41, 5.74) is 2.80. The van der Waals surface area contributed by atoms with Crippen LogP contribution in [0, 0.1) is 0 Å². The van der Waals surface area contributed by atoms with Gasteiger partial charge in [0, 0.05) is 23.4 Å². The molecular formula is C18H21ClN4O2S. The summed E-state index contributed by atoms with van der Waals surface area (Å²) in [6, 6.07) is 9.10. The zero-order chi connectivity index (χ0) is 19.1. The molecule has 0 bridgehead atoms. The minimum Gasteiger partial charge on any atom is -0.227 e. The van der Waals surface area contributed by atoms with E-state index in [0.29, 0.717) is 16.4 Å². The molecule has 8 heteroatoms. The summed E-state index contributed by atoms with van der Waals surface area (Å²) in [6.07, 6.45) is 3.29. The maximum atomic E-state index is 12.6. The van der Waals surface area contributed by atoms with Crippen molar-refractivity contribution in [1.82, 2.24) is 19.3 Å². The molecule has 3 rings (SSSR count). The van der Waals surface area contributed by atoms with Gasteiger partial charge >= 0.3 is 0 Å². The standard InChI is InChI=1S/C18H21ClN4O2S/c1-12(22-26(24,25)18(2,3)4)14-11-23-17(15(19)10-20-23)21-16(14)13-8-6-5-7-9-13/h5-12,22H,1-4H3/t12-/m0/s1. The van der Waals surface area contributed by atoms with Crippen molar-refractivity contribution in [3.05, 3.63) is 53.3 Å². The number of aromatic nitrogens is 3. The van der Waals surface area contributed by atoms with Gasteiger partial charge < -0.3 is 0 Å². The molecule has 0 aliphatic heterocycles.